The van der Waals surface area contributed by atoms with Crippen LogP contribution in [0, 0.1) is 13.8 Å². The molecule has 0 bridgehead atoms. The van der Waals surface area contributed by atoms with Crippen molar-refractivity contribution in [1.82, 2.24) is 5.32 Å². The summed E-state index contributed by atoms with van der Waals surface area (Å²) < 4.78 is 5.22. The third-order valence-corrected chi connectivity index (χ3v) is 3.80. The van der Waals surface area contributed by atoms with Crippen LogP contribution in [0.25, 0.3) is 0 Å². The van der Waals surface area contributed by atoms with E-state index in [4.69, 9.17) is 4.74 Å². The Balaban J connectivity index is 2.06. The number of benzene rings is 2. The normalized spacial score (nSPS) is 11.8. The maximum absolute atomic E-state index is 12.3. The van der Waals surface area contributed by atoms with E-state index in [0.29, 0.717) is 16.9 Å². The smallest absolute Gasteiger partial charge is 0.251 e. The number of amides is 1. The number of aliphatic hydroxyl groups excluding tert-OH is 1. The highest BCUT2D eigenvalue weighted by molar-refractivity contribution is 5.95. The SMILES string of the molecule is COc1ccccc1[C@@H](O)CNC(=O)c1cccc(C)c1C. The average molecular weight is 299 g/mol. The summed E-state index contributed by atoms with van der Waals surface area (Å²) in [5, 5.41) is 13.0. The number of nitrogens with one attached hydrogen (secondary N) is 1. The highest BCUT2D eigenvalue weighted by atomic mass is 16.5. The van der Waals surface area contributed by atoms with E-state index in [9.17, 15) is 9.90 Å². The molecule has 0 saturated heterocycles. The highest BCUT2D eigenvalue weighted by Crippen LogP contribution is 2.24. The van der Waals surface area contributed by atoms with E-state index in [-0.39, 0.29) is 12.5 Å². The molecule has 0 unspecified atom stereocenters. The molecule has 2 aromatic rings. The fraction of sp³-hybridized carbons (Fsp3) is 0.278. The number of aryl methyl sites for hydroxylation is 1. The second-order valence-electron chi connectivity index (χ2n) is 5.22. The molecular weight excluding hydrogens is 278 g/mol. The summed E-state index contributed by atoms with van der Waals surface area (Å²) in [6.07, 6.45) is -0.815. The first-order valence-electron chi connectivity index (χ1n) is 7.20. The number of rotatable bonds is 5. The number of para-hydroxylation sites is 1. The van der Waals surface area contributed by atoms with Crippen molar-refractivity contribution >= 4 is 5.91 Å². The topological polar surface area (TPSA) is 58.6 Å². The lowest BCUT2D eigenvalue weighted by Crippen LogP contribution is -2.29. The van der Waals surface area contributed by atoms with Gasteiger partial charge in [0.2, 0.25) is 0 Å². The zero-order valence-corrected chi connectivity index (χ0v) is 13.1. The van der Waals surface area contributed by atoms with E-state index < -0.39 is 6.10 Å². The van der Waals surface area contributed by atoms with E-state index >= 15 is 0 Å². The molecule has 0 heterocycles. The molecule has 4 nitrogen and oxygen atoms in total. The molecule has 2 aromatic carbocycles. The summed E-state index contributed by atoms with van der Waals surface area (Å²) in [6.45, 7) is 4.02. The summed E-state index contributed by atoms with van der Waals surface area (Å²) in [7, 11) is 1.56. The van der Waals surface area contributed by atoms with E-state index in [1.807, 2.05) is 38.1 Å². The van der Waals surface area contributed by atoms with Crippen LogP contribution in [-0.4, -0.2) is 24.7 Å². The Morgan fingerprint density at radius 1 is 1.18 bits per heavy atom. The van der Waals surface area contributed by atoms with Crippen LogP contribution in [0.4, 0.5) is 0 Å². The van der Waals surface area contributed by atoms with Gasteiger partial charge in [-0.1, -0.05) is 30.3 Å². The first-order valence-corrected chi connectivity index (χ1v) is 7.20. The van der Waals surface area contributed by atoms with Crippen LogP contribution in [-0.2, 0) is 0 Å². The van der Waals surface area contributed by atoms with Gasteiger partial charge < -0.3 is 15.2 Å². The quantitative estimate of drug-likeness (QED) is 0.892. The molecule has 2 rings (SSSR count). The molecule has 0 aliphatic heterocycles. The van der Waals surface area contributed by atoms with E-state index in [0.717, 1.165) is 11.1 Å². The van der Waals surface area contributed by atoms with Crippen molar-refractivity contribution in [3.63, 3.8) is 0 Å². The van der Waals surface area contributed by atoms with Crippen molar-refractivity contribution in [2.45, 2.75) is 20.0 Å². The standard InChI is InChI=1S/C18H21NO3/c1-12-7-6-9-14(13(12)2)18(21)19-11-16(20)15-8-4-5-10-17(15)22-3/h4-10,16,20H,11H2,1-3H3,(H,19,21)/t16-/m0/s1. The fourth-order valence-electron chi connectivity index (χ4n) is 2.33. The molecule has 22 heavy (non-hydrogen) atoms. The summed E-state index contributed by atoms with van der Waals surface area (Å²) in [4.78, 5) is 12.3. The van der Waals surface area contributed by atoms with E-state index in [1.165, 1.54) is 0 Å². The Morgan fingerprint density at radius 2 is 1.91 bits per heavy atom. The molecular formula is C18H21NO3. The van der Waals surface area contributed by atoms with Crippen LogP contribution < -0.4 is 10.1 Å². The monoisotopic (exact) mass is 299 g/mol. The second-order valence-corrected chi connectivity index (χ2v) is 5.22. The molecule has 1 amide bonds. The zero-order valence-electron chi connectivity index (χ0n) is 13.1. The van der Waals surface area contributed by atoms with Crippen LogP contribution in [0.1, 0.15) is 33.2 Å². The number of hydrogen-bond donors (Lipinski definition) is 2. The largest absolute Gasteiger partial charge is 0.496 e. The summed E-state index contributed by atoms with van der Waals surface area (Å²) >= 11 is 0. The van der Waals surface area contributed by atoms with Gasteiger partial charge in [-0.2, -0.15) is 0 Å². The molecule has 0 aliphatic carbocycles. The summed E-state index contributed by atoms with van der Waals surface area (Å²) in [6, 6.07) is 12.8. The maximum Gasteiger partial charge on any atom is 0.251 e. The Morgan fingerprint density at radius 3 is 2.64 bits per heavy atom. The molecule has 4 heteroatoms. The minimum Gasteiger partial charge on any atom is -0.496 e. The van der Waals surface area contributed by atoms with Crippen molar-refractivity contribution in [2.24, 2.45) is 0 Å². The van der Waals surface area contributed by atoms with Gasteiger partial charge in [-0.05, 0) is 37.1 Å². The predicted octanol–water partition coefficient (Wildman–Crippen LogP) is 2.78. The third-order valence-electron chi connectivity index (χ3n) is 3.80. The van der Waals surface area contributed by atoms with Gasteiger partial charge in [0.05, 0.1) is 13.2 Å². The van der Waals surface area contributed by atoms with Crippen molar-refractivity contribution in [3.05, 3.63) is 64.7 Å². The Labute approximate surface area is 130 Å². The minimum atomic E-state index is -0.815. The fourth-order valence-corrected chi connectivity index (χ4v) is 2.33. The van der Waals surface area contributed by atoms with Crippen LogP contribution in [0.3, 0.4) is 0 Å². The number of hydrogen-bond acceptors (Lipinski definition) is 3. The van der Waals surface area contributed by atoms with Crippen molar-refractivity contribution in [2.75, 3.05) is 13.7 Å². The molecule has 0 fully saturated rings. The minimum absolute atomic E-state index is 0.132. The Hall–Kier alpha value is -2.33. The maximum atomic E-state index is 12.3. The molecule has 0 spiro atoms. The van der Waals surface area contributed by atoms with Crippen LogP contribution in [0.5, 0.6) is 5.75 Å². The first kappa shape index (κ1) is 16.0. The first-order chi connectivity index (χ1) is 10.5. The summed E-state index contributed by atoms with van der Waals surface area (Å²) in [5.74, 6) is 0.422. The number of aliphatic hydroxyl groups is 1. The van der Waals surface area contributed by atoms with Crippen molar-refractivity contribution in [3.8, 4) is 5.75 Å². The lowest BCUT2D eigenvalue weighted by molar-refractivity contribution is 0.0914. The number of carbonyl (C=O) groups is 1. The Kier molecular flexibility index (Phi) is 5.17. The third kappa shape index (κ3) is 3.46. The van der Waals surface area contributed by atoms with Crippen molar-refractivity contribution < 1.29 is 14.6 Å². The lowest BCUT2D eigenvalue weighted by Gasteiger charge is -2.16. The van der Waals surface area contributed by atoms with Crippen molar-refractivity contribution in [1.29, 1.82) is 0 Å². The molecule has 1 atom stereocenters. The van der Waals surface area contributed by atoms with Crippen LogP contribution in [0.15, 0.2) is 42.5 Å². The second kappa shape index (κ2) is 7.09. The lowest BCUT2D eigenvalue weighted by atomic mass is 10.0. The average Bonchev–Trinajstić information content (AvgIpc) is 2.54. The number of methoxy groups -OCH3 is 1. The molecule has 116 valence electrons. The van der Waals surface area contributed by atoms with E-state index in [1.54, 1.807) is 25.3 Å². The van der Waals surface area contributed by atoms with Gasteiger partial charge in [-0.15, -0.1) is 0 Å². The van der Waals surface area contributed by atoms with Gasteiger partial charge in [-0.3, -0.25) is 4.79 Å². The van der Waals surface area contributed by atoms with Crippen LogP contribution in [0.2, 0.25) is 0 Å². The number of ether oxygens (including phenoxy) is 1. The molecule has 0 aromatic heterocycles. The van der Waals surface area contributed by atoms with E-state index in [2.05, 4.69) is 5.32 Å². The highest BCUT2D eigenvalue weighted by Gasteiger charge is 2.15. The molecule has 0 saturated carbocycles. The van der Waals surface area contributed by atoms with Gasteiger partial charge >= 0.3 is 0 Å². The molecule has 2 N–H and O–H groups in total. The molecule has 0 radical (unpaired) electrons. The zero-order chi connectivity index (χ0) is 16.1. The molecule has 0 aliphatic rings. The van der Waals surface area contributed by atoms with Gasteiger partial charge in [0.25, 0.3) is 5.91 Å². The van der Waals surface area contributed by atoms with Gasteiger partial charge in [-0.25, -0.2) is 0 Å². The van der Waals surface area contributed by atoms with Gasteiger partial charge in [0.1, 0.15) is 5.75 Å². The summed E-state index contributed by atoms with van der Waals surface area (Å²) in [5.41, 5.74) is 3.31. The van der Waals surface area contributed by atoms with Crippen LogP contribution >= 0.6 is 0 Å². The predicted molar refractivity (Wildman–Crippen MR) is 86.2 cm³/mol. The van der Waals surface area contributed by atoms with Gasteiger partial charge in [0.15, 0.2) is 0 Å². The Bertz CT molecular complexity index is 667. The number of carbonyl (C=O) groups excluding carboxylic acids is 1. The van der Waals surface area contributed by atoms with Gasteiger partial charge in [0, 0.05) is 17.7 Å².